The zero-order valence-corrected chi connectivity index (χ0v) is 14.4. The van der Waals surface area contributed by atoms with Gasteiger partial charge in [0.15, 0.2) is 11.5 Å². The van der Waals surface area contributed by atoms with E-state index in [0.29, 0.717) is 12.2 Å². The van der Waals surface area contributed by atoms with Crippen LogP contribution in [0.4, 0.5) is 5.69 Å². The van der Waals surface area contributed by atoms with Crippen molar-refractivity contribution in [3.8, 4) is 11.5 Å². The van der Waals surface area contributed by atoms with Gasteiger partial charge >= 0.3 is 5.97 Å². The number of methoxy groups -OCH3 is 2. The van der Waals surface area contributed by atoms with Crippen LogP contribution in [0.15, 0.2) is 42.5 Å². The summed E-state index contributed by atoms with van der Waals surface area (Å²) in [7, 11) is 2.87. The minimum absolute atomic E-state index is 0.0612. The zero-order valence-electron chi connectivity index (χ0n) is 14.4. The molecule has 0 heterocycles. The molecule has 0 bridgehead atoms. The van der Waals surface area contributed by atoms with Gasteiger partial charge in [-0.05, 0) is 12.0 Å². The van der Waals surface area contributed by atoms with E-state index >= 15 is 0 Å². The maximum atomic E-state index is 12.7. The summed E-state index contributed by atoms with van der Waals surface area (Å²) in [6.45, 7) is 1.91. The van der Waals surface area contributed by atoms with Gasteiger partial charge < -0.3 is 19.9 Å². The highest BCUT2D eigenvalue weighted by Crippen LogP contribution is 2.34. The molecule has 0 spiro atoms. The number of carboxylic acid groups (broad SMARTS) is 1. The molecule has 0 saturated carbocycles. The van der Waals surface area contributed by atoms with Crippen LogP contribution in [0.1, 0.15) is 35.2 Å². The molecule has 0 aliphatic rings. The molecule has 0 radical (unpaired) electrons. The summed E-state index contributed by atoms with van der Waals surface area (Å²) < 4.78 is 10.3. The molecule has 0 aromatic heterocycles. The third-order valence-electron chi connectivity index (χ3n) is 3.94. The summed E-state index contributed by atoms with van der Waals surface area (Å²) in [5.41, 5.74) is 0.985. The Kier molecular flexibility index (Phi) is 6.00. The fraction of sp³-hybridized carbons (Fsp3) is 0.263. The molecule has 25 heavy (non-hydrogen) atoms. The van der Waals surface area contributed by atoms with Crippen LogP contribution < -0.4 is 14.8 Å². The smallest absolute Gasteiger partial charge is 0.337 e. The van der Waals surface area contributed by atoms with E-state index in [1.807, 2.05) is 37.3 Å². The van der Waals surface area contributed by atoms with Crippen LogP contribution in [0.3, 0.4) is 0 Å². The second-order valence-corrected chi connectivity index (χ2v) is 5.42. The van der Waals surface area contributed by atoms with Crippen molar-refractivity contribution < 1.29 is 24.2 Å². The van der Waals surface area contributed by atoms with Crippen molar-refractivity contribution in [2.75, 3.05) is 19.5 Å². The average molecular weight is 343 g/mol. The van der Waals surface area contributed by atoms with E-state index in [1.54, 1.807) is 0 Å². The molecule has 0 aliphatic heterocycles. The van der Waals surface area contributed by atoms with E-state index in [0.717, 1.165) is 5.56 Å². The van der Waals surface area contributed by atoms with Gasteiger partial charge in [-0.1, -0.05) is 37.3 Å². The van der Waals surface area contributed by atoms with E-state index in [4.69, 9.17) is 9.47 Å². The van der Waals surface area contributed by atoms with Gasteiger partial charge in [-0.2, -0.15) is 0 Å². The van der Waals surface area contributed by atoms with Crippen LogP contribution in [0.25, 0.3) is 0 Å². The number of carbonyl (C=O) groups excluding carboxylic acids is 1. The third kappa shape index (κ3) is 4.09. The fourth-order valence-electron chi connectivity index (χ4n) is 2.64. The van der Waals surface area contributed by atoms with E-state index in [-0.39, 0.29) is 28.8 Å². The predicted octanol–water partition coefficient (Wildman–Crippen LogP) is 3.53. The monoisotopic (exact) mass is 343 g/mol. The first kappa shape index (κ1) is 18.3. The summed E-state index contributed by atoms with van der Waals surface area (Å²) in [6, 6.07) is 12.2. The number of benzene rings is 2. The molecule has 2 N–H and O–H groups in total. The van der Waals surface area contributed by atoms with Gasteiger partial charge in [-0.15, -0.1) is 0 Å². The maximum absolute atomic E-state index is 12.7. The summed E-state index contributed by atoms with van der Waals surface area (Å²) in [5, 5.41) is 12.1. The lowest BCUT2D eigenvalue weighted by Gasteiger charge is -2.18. The average Bonchev–Trinajstić information content (AvgIpc) is 2.62. The number of aromatic carboxylic acids is 1. The van der Waals surface area contributed by atoms with Crippen LogP contribution >= 0.6 is 0 Å². The van der Waals surface area contributed by atoms with Crippen LogP contribution in [0.2, 0.25) is 0 Å². The molecule has 1 amide bonds. The first-order valence-electron chi connectivity index (χ1n) is 7.86. The van der Waals surface area contributed by atoms with Crippen molar-refractivity contribution in [3.05, 3.63) is 53.6 Å². The number of nitrogens with one attached hydrogen (secondary N) is 1. The SMILES string of the molecule is CC[C@@H](C(=O)Nc1cc(OC)c(OC)cc1C(=O)O)c1ccccc1. The number of ether oxygens (including phenoxy) is 2. The van der Waals surface area contributed by atoms with Crippen LogP contribution in [0, 0.1) is 0 Å². The molecular formula is C19H21NO5. The normalized spacial score (nSPS) is 11.5. The lowest BCUT2D eigenvalue weighted by Crippen LogP contribution is -2.22. The van der Waals surface area contributed by atoms with Crippen LogP contribution in [-0.4, -0.2) is 31.2 Å². The van der Waals surface area contributed by atoms with Crippen molar-refractivity contribution in [2.45, 2.75) is 19.3 Å². The lowest BCUT2D eigenvalue weighted by molar-refractivity contribution is -0.117. The topological polar surface area (TPSA) is 84.9 Å². The fourth-order valence-corrected chi connectivity index (χ4v) is 2.64. The molecule has 2 aromatic rings. The number of carbonyl (C=O) groups is 2. The number of carboxylic acids is 1. The molecule has 0 aliphatic carbocycles. The Bertz CT molecular complexity index is 758. The summed E-state index contributed by atoms with van der Waals surface area (Å²) in [6.07, 6.45) is 0.589. The minimum Gasteiger partial charge on any atom is -0.493 e. The third-order valence-corrected chi connectivity index (χ3v) is 3.94. The van der Waals surface area contributed by atoms with Gasteiger partial charge in [0.2, 0.25) is 5.91 Å². The quantitative estimate of drug-likeness (QED) is 0.803. The highest BCUT2D eigenvalue weighted by Gasteiger charge is 2.22. The molecule has 2 rings (SSSR count). The maximum Gasteiger partial charge on any atom is 0.337 e. The second kappa shape index (κ2) is 8.19. The summed E-state index contributed by atoms with van der Waals surface area (Å²) in [5.74, 6) is -1.19. The van der Waals surface area contributed by atoms with Crippen molar-refractivity contribution >= 4 is 17.6 Å². The van der Waals surface area contributed by atoms with E-state index < -0.39 is 5.97 Å². The number of anilines is 1. The molecule has 0 unspecified atom stereocenters. The first-order valence-corrected chi connectivity index (χ1v) is 7.86. The Morgan fingerprint density at radius 1 is 1.08 bits per heavy atom. The van der Waals surface area contributed by atoms with Crippen molar-refractivity contribution in [1.29, 1.82) is 0 Å². The highest BCUT2D eigenvalue weighted by molar-refractivity contribution is 6.03. The number of hydrogen-bond donors (Lipinski definition) is 2. The molecule has 6 heteroatoms. The van der Waals surface area contributed by atoms with Crippen LogP contribution in [0.5, 0.6) is 11.5 Å². The number of hydrogen-bond acceptors (Lipinski definition) is 4. The predicted molar refractivity (Wildman–Crippen MR) is 94.6 cm³/mol. The van der Waals surface area contributed by atoms with Gasteiger partial charge in [0.05, 0.1) is 31.4 Å². The molecule has 0 fully saturated rings. The number of amides is 1. The van der Waals surface area contributed by atoms with E-state index in [1.165, 1.54) is 26.4 Å². The molecular weight excluding hydrogens is 322 g/mol. The minimum atomic E-state index is -1.16. The molecule has 1 atom stereocenters. The molecule has 132 valence electrons. The standard InChI is InChI=1S/C19H21NO5/c1-4-13(12-8-6-5-7-9-12)18(21)20-15-11-17(25-3)16(24-2)10-14(15)19(22)23/h5-11,13H,4H2,1-3H3,(H,20,21)(H,22,23)/t13-/m1/s1. The molecule has 6 nitrogen and oxygen atoms in total. The molecule has 0 saturated heterocycles. The summed E-state index contributed by atoms with van der Waals surface area (Å²) >= 11 is 0. The Labute approximate surface area is 146 Å². The van der Waals surface area contributed by atoms with E-state index in [9.17, 15) is 14.7 Å². The zero-order chi connectivity index (χ0) is 18.4. The first-order chi connectivity index (χ1) is 12.0. The van der Waals surface area contributed by atoms with Gasteiger partial charge in [0.1, 0.15) is 0 Å². The summed E-state index contributed by atoms with van der Waals surface area (Å²) in [4.78, 5) is 24.2. The van der Waals surface area contributed by atoms with Crippen molar-refractivity contribution in [3.63, 3.8) is 0 Å². The Hall–Kier alpha value is -3.02. The number of rotatable bonds is 7. The Morgan fingerprint density at radius 2 is 1.68 bits per heavy atom. The largest absolute Gasteiger partial charge is 0.493 e. The van der Waals surface area contributed by atoms with Gasteiger partial charge in [-0.3, -0.25) is 4.79 Å². The van der Waals surface area contributed by atoms with Gasteiger partial charge in [0.25, 0.3) is 0 Å². The highest BCUT2D eigenvalue weighted by atomic mass is 16.5. The van der Waals surface area contributed by atoms with Crippen LogP contribution in [-0.2, 0) is 4.79 Å². The van der Waals surface area contributed by atoms with Gasteiger partial charge in [0, 0.05) is 12.1 Å². The van der Waals surface area contributed by atoms with Gasteiger partial charge in [-0.25, -0.2) is 4.79 Å². The lowest BCUT2D eigenvalue weighted by atomic mass is 9.95. The Balaban J connectivity index is 2.37. The van der Waals surface area contributed by atoms with E-state index in [2.05, 4.69) is 5.32 Å². The second-order valence-electron chi connectivity index (χ2n) is 5.42. The Morgan fingerprint density at radius 3 is 2.20 bits per heavy atom. The van der Waals surface area contributed by atoms with Crippen molar-refractivity contribution in [2.24, 2.45) is 0 Å². The molecule has 2 aromatic carbocycles. The van der Waals surface area contributed by atoms with Crippen molar-refractivity contribution in [1.82, 2.24) is 0 Å².